The molecule has 1 N–H and O–H groups in total. The van der Waals surface area contributed by atoms with Crippen molar-refractivity contribution in [3.05, 3.63) is 12.4 Å². The molecule has 1 unspecified atom stereocenters. The van der Waals surface area contributed by atoms with Gasteiger partial charge in [-0.3, -0.25) is 4.79 Å². The van der Waals surface area contributed by atoms with E-state index in [2.05, 4.69) is 10.3 Å². The lowest BCUT2D eigenvalue weighted by Crippen LogP contribution is -2.35. The third-order valence-corrected chi connectivity index (χ3v) is 4.89. The van der Waals surface area contributed by atoms with E-state index in [1.165, 1.54) is 43.9 Å². The van der Waals surface area contributed by atoms with Crippen LogP contribution in [-0.2, 0) is 11.8 Å². The molecule has 1 fully saturated rings. The molecular formula is C14H23N3OS. The molecule has 0 spiro atoms. The summed E-state index contributed by atoms with van der Waals surface area (Å²) in [5.74, 6) is 0.807. The molecule has 1 heterocycles. The van der Waals surface area contributed by atoms with Gasteiger partial charge in [-0.25, -0.2) is 4.98 Å². The van der Waals surface area contributed by atoms with Gasteiger partial charge in [-0.15, -0.1) is 0 Å². The normalized spacial score (nSPS) is 18.2. The third-order valence-electron chi connectivity index (χ3n) is 3.72. The molecule has 0 bridgehead atoms. The van der Waals surface area contributed by atoms with Crippen LogP contribution in [0.1, 0.15) is 39.0 Å². The van der Waals surface area contributed by atoms with Crippen molar-refractivity contribution in [3.8, 4) is 0 Å². The smallest absolute Gasteiger partial charge is 0.233 e. The molecule has 1 aromatic rings. The fourth-order valence-electron chi connectivity index (χ4n) is 2.46. The van der Waals surface area contributed by atoms with Crippen LogP contribution in [-0.4, -0.2) is 27.3 Å². The highest BCUT2D eigenvalue weighted by Crippen LogP contribution is 2.24. The highest BCUT2D eigenvalue weighted by molar-refractivity contribution is 8.00. The lowest BCUT2D eigenvalue weighted by atomic mass is 9.89. The molecule has 106 valence electrons. The average molecular weight is 281 g/mol. The van der Waals surface area contributed by atoms with Gasteiger partial charge in [0.15, 0.2) is 5.16 Å². The first-order valence-electron chi connectivity index (χ1n) is 7.08. The van der Waals surface area contributed by atoms with Crippen molar-refractivity contribution in [3.63, 3.8) is 0 Å². The van der Waals surface area contributed by atoms with Crippen LogP contribution >= 0.6 is 11.8 Å². The van der Waals surface area contributed by atoms with E-state index in [1.807, 2.05) is 24.7 Å². The second kappa shape index (κ2) is 6.98. The van der Waals surface area contributed by atoms with E-state index < -0.39 is 0 Å². The molecule has 1 atom stereocenters. The number of carbonyl (C=O) groups is 1. The van der Waals surface area contributed by atoms with E-state index in [9.17, 15) is 4.79 Å². The fraction of sp³-hybridized carbons (Fsp3) is 0.714. The summed E-state index contributed by atoms with van der Waals surface area (Å²) in [7, 11) is 1.95. The number of aromatic nitrogens is 2. The predicted molar refractivity (Wildman–Crippen MR) is 78.1 cm³/mol. The quantitative estimate of drug-likeness (QED) is 0.844. The van der Waals surface area contributed by atoms with Gasteiger partial charge in [0.1, 0.15) is 0 Å². The van der Waals surface area contributed by atoms with Crippen molar-refractivity contribution in [2.24, 2.45) is 13.0 Å². The Labute approximate surface area is 119 Å². The summed E-state index contributed by atoms with van der Waals surface area (Å²) < 4.78 is 1.94. The number of amides is 1. The fourth-order valence-corrected chi connectivity index (χ4v) is 3.31. The number of imidazole rings is 1. The van der Waals surface area contributed by atoms with Crippen molar-refractivity contribution in [2.45, 2.75) is 49.4 Å². The third kappa shape index (κ3) is 4.27. The molecule has 2 rings (SSSR count). The number of hydrogen-bond donors (Lipinski definition) is 1. The number of aryl methyl sites for hydroxylation is 1. The monoisotopic (exact) mass is 281 g/mol. The Bertz CT molecular complexity index is 413. The summed E-state index contributed by atoms with van der Waals surface area (Å²) in [5, 5.41) is 3.88. The van der Waals surface area contributed by atoms with Gasteiger partial charge in [0.25, 0.3) is 0 Å². The van der Waals surface area contributed by atoms with E-state index in [0.717, 1.165) is 11.7 Å². The van der Waals surface area contributed by atoms with Crippen LogP contribution < -0.4 is 5.32 Å². The van der Waals surface area contributed by atoms with E-state index in [1.54, 1.807) is 6.20 Å². The Kier molecular flexibility index (Phi) is 5.31. The predicted octanol–water partition coefficient (Wildman–Crippen LogP) is 2.60. The summed E-state index contributed by atoms with van der Waals surface area (Å²) in [4.78, 5) is 16.3. The first-order valence-corrected chi connectivity index (χ1v) is 7.96. The number of nitrogens with one attached hydrogen (secondary N) is 1. The molecule has 1 saturated carbocycles. The maximum absolute atomic E-state index is 12.1. The van der Waals surface area contributed by atoms with E-state index >= 15 is 0 Å². The summed E-state index contributed by atoms with van der Waals surface area (Å²) in [5.41, 5.74) is 0. The van der Waals surface area contributed by atoms with Gasteiger partial charge in [0, 0.05) is 26.0 Å². The highest BCUT2D eigenvalue weighted by Gasteiger charge is 2.19. The van der Waals surface area contributed by atoms with Gasteiger partial charge >= 0.3 is 0 Å². The molecule has 1 aliphatic carbocycles. The summed E-state index contributed by atoms with van der Waals surface area (Å²) in [6.07, 6.45) is 10.2. The first-order chi connectivity index (χ1) is 9.16. The van der Waals surface area contributed by atoms with Gasteiger partial charge in [-0.1, -0.05) is 31.0 Å². The van der Waals surface area contributed by atoms with Crippen LogP contribution in [0.3, 0.4) is 0 Å². The zero-order chi connectivity index (χ0) is 13.7. The van der Waals surface area contributed by atoms with Crippen LogP contribution in [0.5, 0.6) is 0 Å². The Hall–Kier alpha value is -0.970. The van der Waals surface area contributed by atoms with Crippen LogP contribution in [0.15, 0.2) is 17.6 Å². The van der Waals surface area contributed by atoms with Gasteiger partial charge in [0.2, 0.25) is 5.91 Å². The topological polar surface area (TPSA) is 46.9 Å². The number of nitrogens with zero attached hydrogens (tertiary/aromatic N) is 2. The molecule has 4 nitrogen and oxygen atoms in total. The Morgan fingerprint density at radius 1 is 1.53 bits per heavy atom. The summed E-state index contributed by atoms with van der Waals surface area (Å²) in [6.45, 7) is 2.78. The lowest BCUT2D eigenvalue weighted by Gasteiger charge is -2.22. The van der Waals surface area contributed by atoms with Crippen LogP contribution in [0.4, 0.5) is 0 Å². The van der Waals surface area contributed by atoms with E-state index in [-0.39, 0.29) is 11.2 Å². The maximum atomic E-state index is 12.1. The summed E-state index contributed by atoms with van der Waals surface area (Å²) in [6, 6.07) is 0. The van der Waals surface area contributed by atoms with Crippen molar-refractivity contribution >= 4 is 17.7 Å². The highest BCUT2D eigenvalue weighted by atomic mass is 32.2. The molecule has 0 aliphatic heterocycles. The second-order valence-electron chi connectivity index (χ2n) is 5.33. The van der Waals surface area contributed by atoms with Crippen molar-refractivity contribution in [2.75, 3.05) is 6.54 Å². The molecule has 1 amide bonds. The molecule has 19 heavy (non-hydrogen) atoms. The van der Waals surface area contributed by atoms with Crippen LogP contribution in [0.25, 0.3) is 0 Å². The number of hydrogen-bond acceptors (Lipinski definition) is 3. The van der Waals surface area contributed by atoms with E-state index in [4.69, 9.17) is 0 Å². The zero-order valence-electron chi connectivity index (χ0n) is 11.8. The summed E-state index contributed by atoms with van der Waals surface area (Å²) >= 11 is 1.51. The standard InChI is InChI=1S/C14H23N3OS/c1-11(19-14-15-8-9-17(14)2)13(18)16-10-12-6-4-3-5-7-12/h8-9,11-12H,3-7,10H2,1-2H3,(H,16,18). The second-order valence-corrected chi connectivity index (χ2v) is 6.64. The first kappa shape index (κ1) is 14.4. The molecule has 1 aliphatic rings. The molecule has 0 radical (unpaired) electrons. The Balaban J connectivity index is 1.74. The van der Waals surface area contributed by atoms with Crippen molar-refractivity contribution in [1.82, 2.24) is 14.9 Å². The molecular weight excluding hydrogens is 258 g/mol. The van der Waals surface area contributed by atoms with Gasteiger partial charge in [0.05, 0.1) is 5.25 Å². The Morgan fingerprint density at radius 3 is 2.89 bits per heavy atom. The molecule has 1 aromatic heterocycles. The molecule has 0 saturated heterocycles. The zero-order valence-corrected chi connectivity index (χ0v) is 12.6. The number of rotatable bonds is 5. The van der Waals surface area contributed by atoms with Crippen LogP contribution in [0.2, 0.25) is 0 Å². The van der Waals surface area contributed by atoms with Crippen molar-refractivity contribution in [1.29, 1.82) is 0 Å². The molecule has 0 aromatic carbocycles. The largest absolute Gasteiger partial charge is 0.355 e. The average Bonchev–Trinajstić information content (AvgIpc) is 2.82. The molecule has 5 heteroatoms. The maximum Gasteiger partial charge on any atom is 0.233 e. The van der Waals surface area contributed by atoms with Gasteiger partial charge < -0.3 is 9.88 Å². The van der Waals surface area contributed by atoms with Gasteiger partial charge in [-0.2, -0.15) is 0 Å². The van der Waals surface area contributed by atoms with E-state index in [0.29, 0.717) is 5.92 Å². The van der Waals surface area contributed by atoms with Gasteiger partial charge in [-0.05, 0) is 25.7 Å². The SMILES string of the molecule is CC(Sc1nccn1C)C(=O)NCC1CCCCC1. The number of carbonyl (C=O) groups excluding carboxylic acids is 1. The number of thioether (sulfide) groups is 1. The minimum absolute atomic E-state index is 0.0929. The minimum atomic E-state index is -0.0929. The van der Waals surface area contributed by atoms with Crippen molar-refractivity contribution < 1.29 is 4.79 Å². The lowest BCUT2D eigenvalue weighted by molar-refractivity contribution is -0.120. The Morgan fingerprint density at radius 2 is 2.26 bits per heavy atom. The minimum Gasteiger partial charge on any atom is -0.355 e. The van der Waals surface area contributed by atoms with Crippen LogP contribution in [0, 0.1) is 5.92 Å².